The van der Waals surface area contributed by atoms with Crippen molar-refractivity contribution in [2.75, 3.05) is 18.5 Å². The van der Waals surface area contributed by atoms with E-state index in [2.05, 4.69) is 11.6 Å². The highest BCUT2D eigenvalue weighted by molar-refractivity contribution is 8.19. The first-order valence-electron chi connectivity index (χ1n) is 8.28. The number of aliphatic imine (C=N–C) groups is 1. The Kier molecular flexibility index (Phi) is 5.04. The fourth-order valence-corrected chi connectivity index (χ4v) is 5.34. The zero-order valence-electron chi connectivity index (χ0n) is 14.6. The minimum atomic E-state index is -0.0529. The molecule has 2 heterocycles. The first-order chi connectivity index (χ1) is 13.1. The van der Waals surface area contributed by atoms with Crippen molar-refractivity contribution in [1.29, 1.82) is 0 Å². The molecule has 2 aliphatic rings. The maximum absolute atomic E-state index is 13.1. The third-order valence-electron chi connectivity index (χ3n) is 4.14. The smallest absolute Gasteiger partial charge is 0.269 e. The lowest BCUT2D eigenvalue weighted by Crippen LogP contribution is -2.29. The summed E-state index contributed by atoms with van der Waals surface area (Å²) in [6.07, 6.45) is 1.71. The van der Waals surface area contributed by atoms with Gasteiger partial charge in [0.2, 0.25) is 0 Å². The van der Waals surface area contributed by atoms with Gasteiger partial charge in [-0.2, -0.15) is 0 Å². The van der Waals surface area contributed by atoms with E-state index in [4.69, 9.17) is 11.6 Å². The van der Waals surface area contributed by atoms with E-state index in [-0.39, 0.29) is 5.91 Å². The quantitative estimate of drug-likeness (QED) is 0.491. The van der Waals surface area contributed by atoms with E-state index in [1.807, 2.05) is 60.5 Å². The predicted octanol–water partition coefficient (Wildman–Crippen LogP) is 5.50. The van der Waals surface area contributed by atoms with Crippen LogP contribution < -0.4 is 4.90 Å². The van der Waals surface area contributed by atoms with Crippen molar-refractivity contribution in [3.8, 4) is 0 Å². The van der Waals surface area contributed by atoms with E-state index in [1.165, 1.54) is 11.8 Å². The summed E-state index contributed by atoms with van der Waals surface area (Å²) in [7, 11) is 1.95. The molecule has 4 rings (SSSR count). The summed E-state index contributed by atoms with van der Waals surface area (Å²) in [6, 6.07) is 15.4. The number of amides is 1. The molecule has 0 N–H and O–H groups in total. The fraction of sp³-hybridized carbons (Fsp3) is 0.100. The molecule has 0 radical (unpaired) electrons. The normalized spacial score (nSPS) is 20.5. The topological polar surface area (TPSA) is 35.9 Å². The van der Waals surface area contributed by atoms with E-state index in [9.17, 15) is 4.79 Å². The van der Waals surface area contributed by atoms with Crippen LogP contribution in [-0.2, 0) is 4.79 Å². The molecule has 2 aliphatic heterocycles. The Morgan fingerprint density at radius 2 is 1.96 bits per heavy atom. The highest BCUT2D eigenvalue weighted by Gasteiger charge is 2.38. The zero-order valence-corrected chi connectivity index (χ0v) is 16.9. The molecule has 7 heteroatoms. The molecule has 0 aromatic heterocycles. The number of carbonyl (C=O) groups is 1. The summed E-state index contributed by atoms with van der Waals surface area (Å²) in [4.78, 5) is 23.2. The summed E-state index contributed by atoms with van der Waals surface area (Å²) in [5, 5.41) is 2.24. The Bertz CT molecular complexity index is 988. The molecular weight excluding hydrogens is 398 g/mol. The lowest BCUT2D eigenvalue weighted by atomic mass is 10.3. The third-order valence-corrected chi connectivity index (χ3v) is 6.81. The van der Waals surface area contributed by atoms with Crippen LogP contribution in [0.4, 0.5) is 11.4 Å². The Hall–Kier alpha value is -2.15. The van der Waals surface area contributed by atoms with Gasteiger partial charge in [0.15, 0.2) is 5.17 Å². The number of hydrogen-bond donors (Lipinski definition) is 0. The van der Waals surface area contributed by atoms with Crippen LogP contribution in [-0.4, -0.2) is 29.6 Å². The fourth-order valence-electron chi connectivity index (χ4n) is 2.84. The number of anilines is 1. The molecular formula is C20H16ClN3OS2. The summed E-state index contributed by atoms with van der Waals surface area (Å²) >= 11 is 9.12. The second-order valence-corrected chi connectivity index (χ2v) is 8.39. The molecule has 2 aromatic carbocycles. The summed E-state index contributed by atoms with van der Waals surface area (Å²) in [5.74, 6) is -0.0529. The van der Waals surface area contributed by atoms with Gasteiger partial charge < -0.3 is 4.90 Å². The average Bonchev–Trinajstić information content (AvgIpc) is 3.14. The summed E-state index contributed by atoms with van der Waals surface area (Å²) in [5.41, 5.74) is 1.82. The third kappa shape index (κ3) is 3.40. The zero-order chi connectivity index (χ0) is 19.0. The molecule has 1 fully saturated rings. The minimum Gasteiger partial charge on any atom is -0.337 e. The van der Waals surface area contributed by atoms with Crippen molar-refractivity contribution in [2.24, 2.45) is 4.99 Å². The van der Waals surface area contributed by atoms with E-state index >= 15 is 0 Å². The molecule has 1 saturated heterocycles. The van der Waals surface area contributed by atoms with Gasteiger partial charge in [0.05, 0.1) is 16.4 Å². The molecule has 136 valence electrons. The van der Waals surface area contributed by atoms with Gasteiger partial charge >= 0.3 is 0 Å². The van der Waals surface area contributed by atoms with Gasteiger partial charge in [0.25, 0.3) is 5.91 Å². The number of benzene rings is 2. The lowest BCUT2D eigenvalue weighted by Gasteiger charge is -2.15. The van der Waals surface area contributed by atoms with Gasteiger partial charge in [-0.3, -0.25) is 9.69 Å². The Morgan fingerprint density at radius 1 is 1.19 bits per heavy atom. The van der Waals surface area contributed by atoms with Crippen molar-refractivity contribution in [3.63, 3.8) is 0 Å². The lowest BCUT2D eigenvalue weighted by molar-refractivity contribution is -0.121. The van der Waals surface area contributed by atoms with Crippen LogP contribution in [0.3, 0.4) is 0 Å². The number of hydrogen-bond acceptors (Lipinski definition) is 5. The van der Waals surface area contributed by atoms with Crippen LogP contribution in [0.5, 0.6) is 0 Å². The molecule has 0 atom stereocenters. The number of para-hydroxylation sites is 1. The van der Waals surface area contributed by atoms with E-state index in [1.54, 1.807) is 22.7 Å². The number of amidine groups is 1. The second-order valence-electron chi connectivity index (χ2n) is 5.94. The van der Waals surface area contributed by atoms with Gasteiger partial charge in [-0.25, -0.2) is 4.99 Å². The Labute approximate surface area is 171 Å². The molecule has 1 amide bonds. The number of thioether (sulfide) groups is 2. The molecule has 4 nitrogen and oxygen atoms in total. The minimum absolute atomic E-state index is 0.0529. The van der Waals surface area contributed by atoms with Crippen LogP contribution in [0.1, 0.15) is 0 Å². The van der Waals surface area contributed by atoms with Gasteiger partial charge in [-0.05, 0) is 42.1 Å². The van der Waals surface area contributed by atoms with Crippen LogP contribution in [0.15, 0.2) is 81.0 Å². The highest BCUT2D eigenvalue weighted by Crippen LogP contribution is 2.50. The van der Waals surface area contributed by atoms with E-state index in [0.29, 0.717) is 21.6 Å². The predicted molar refractivity (Wildman–Crippen MR) is 116 cm³/mol. The Morgan fingerprint density at radius 3 is 2.70 bits per heavy atom. The number of carbonyl (C=O) groups excluding carboxylic acids is 1. The van der Waals surface area contributed by atoms with Crippen LogP contribution in [0.2, 0.25) is 5.02 Å². The van der Waals surface area contributed by atoms with Crippen molar-refractivity contribution in [2.45, 2.75) is 4.90 Å². The standard InChI is InChI=1S/C20H16ClN3OS2/c1-3-11-24-18(25)17(27-20(24)22-14-7-5-4-6-8-14)19-23(2)15-12-13(21)9-10-16(15)26-19/h3-10,12H,1,11H2,2H3/b19-17+,22-20?. The summed E-state index contributed by atoms with van der Waals surface area (Å²) in [6.45, 7) is 4.19. The van der Waals surface area contributed by atoms with Crippen LogP contribution in [0.25, 0.3) is 0 Å². The molecule has 0 spiro atoms. The SMILES string of the molecule is C=CCN1C(=O)/C(=C2\Sc3ccc(Cl)cc3N2C)SC1=Nc1ccccc1. The number of nitrogens with zero attached hydrogens (tertiary/aromatic N) is 3. The van der Waals surface area contributed by atoms with Gasteiger partial charge in [0, 0.05) is 23.5 Å². The number of rotatable bonds is 3. The van der Waals surface area contributed by atoms with Gasteiger partial charge in [0.1, 0.15) is 4.91 Å². The molecule has 0 aliphatic carbocycles. The second kappa shape index (κ2) is 7.46. The van der Waals surface area contributed by atoms with Crippen molar-refractivity contribution in [1.82, 2.24) is 4.90 Å². The van der Waals surface area contributed by atoms with Crippen LogP contribution in [0, 0.1) is 0 Å². The molecule has 2 aromatic rings. The van der Waals surface area contributed by atoms with Crippen LogP contribution >= 0.6 is 35.1 Å². The first kappa shape index (κ1) is 18.2. The highest BCUT2D eigenvalue weighted by atomic mass is 35.5. The van der Waals surface area contributed by atoms with Crippen molar-refractivity contribution < 1.29 is 4.79 Å². The maximum atomic E-state index is 13.1. The number of halogens is 1. The maximum Gasteiger partial charge on any atom is 0.269 e. The summed E-state index contributed by atoms with van der Waals surface area (Å²) < 4.78 is 0. The number of fused-ring (bicyclic) bond motifs is 1. The largest absolute Gasteiger partial charge is 0.337 e. The van der Waals surface area contributed by atoms with Crippen molar-refractivity contribution >= 4 is 57.6 Å². The van der Waals surface area contributed by atoms with Gasteiger partial charge in [-0.15, -0.1) is 6.58 Å². The Balaban J connectivity index is 1.74. The molecule has 0 saturated carbocycles. The average molecular weight is 414 g/mol. The monoisotopic (exact) mass is 413 g/mol. The van der Waals surface area contributed by atoms with Gasteiger partial charge in [-0.1, -0.05) is 47.6 Å². The van der Waals surface area contributed by atoms with E-state index in [0.717, 1.165) is 21.3 Å². The molecule has 0 unspecified atom stereocenters. The molecule has 27 heavy (non-hydrogen) atoms. The molecule has 0 bridgehead atoms. The van der Waals surface area contributed by atoms with Crippen molar-refractivity contribution in [3.05, 3.63) is 76.1 Å². The first-order valence-corrected chi connectivity index (χ1v) is 10.3. The van der Waals surface area contributed by atoms with E-state index < -0.39 is 0 Å².